The van der Waals surface area contributed by atoms with Crippen LogP contribution in [0.4, 0.5) is 0 Å². The first-order chi connectivity index (χ1) is 7.27. The van der Waals surface area contributed by atoms with Crippen molar-refractivity contribution in [1.29, 1.82) is 0 Å². The highest BCUT2D eigenvalue weighted by Crippen LogP contribution is 2.51. The molecule has 2 saturated carbocycles. The smallest absolute Gasteiger partial charge is 0.0132 e. The van der Waals surface area contributed by atoms with Crippen LogP contribution in [0.2, 0.25) is 0 Å². The molecule has 2 atom stereocenters. The van der Waals surface area contributed by atoms with Crippen LogP contribution in [0.25, 0.3) is 0 Å². The lowest BCUT2D eigenvalue weighted by Gasteiger charge is -2.53. The van der Waals surface area contributed by atoms with Crippen molar-refractivity contribution in [2.75, 3.05) is 12.0 Å². The third-order valence-corrected chi connectivity index (χ3v) is 5.26. The first-order valence-electron chi connectivity index (χ1n) is 6.52. The van der Waals surface area contributed by atoms with E-state index in [1.807, 2.05) is 11.8 Å². The molecule has 2 aliphatic rings. The molecule has 0 saturated heterocycles. The van der Waals surface area contributed by atoms with E-state index in [1.54, 1.807) is 0 Å². The molecule has 2 aliphatic carbocycles. The minimum Gasteiger partial charge on any atom is -0.310 e. The van der Waals surface area contributed by atoms with E-state index in [0.717, 1.165) is 11.5 Å². The summed E-state index contributed by atoms with van der Waals surface area (Å²) in [5.41, 5.74) is 0.727. The molecule has 2 heteroatoms. The second-order valence-electron chi connectivity index (χ2n) is 5.54. The summed E-state index contributed by atoms with van der Waals surface area (Å²) in [6.45, 7) is 2.34. The molecule has 0 aromatic rings. The Kier molecular flexibility index (Phi) is 4.00. The van der Waals surface area contributed by atoms with E-state index in [9.17, 15) is 0 Å². The molecule has 88 valence electrons. The first-order valence-corrected chi connectivity index (χ1v) is 7.91. The van der Waals surface area contributed by atoms with Gasteiger partial charge in [0.1, 0.15) is 0 Å². The quantitative estimate of drug-likeness (QED) is 0.789. The fraction of sp³-hybridized carbons (Fsp3) is 1.00. The maximum Gasteiger partial charge on any atom is 0.0132 e. The van der Waals surface area contributed by atoms with E-state index < -0.39 is 0 Å². The van der Waals surface area contributed by atoms with E-state index in [0.29, 0.717) is 6.04 Å². The van der Waals surface area contributed by atoms with Crippen molar-refractivity contribution in [3.63, 3.8) is 0 Å². The van der Waals surface area contributed by atoms with Crippen LogP contribution in [0.3, 0.4) is 0 Å². The second kappa shape index (κ2) is 5.09. The highest BCUT2D eigenvalue weighted by molar-refractivity contribution is 7.98. The lowest BCUT2D eigenvalue weighted by atomic mass is 9.57. The molecule has 2 rings (SSSR count). The molecule has 1 spiro atoms. The highest BCUT2D eigenvalue weighted by Gasteiger charge is 2.46. The molecule has 1 nitrogen and oxygen atoms in total. The molecule has 0 amide bonds. The summed E-state index contributed by atoms with van der Waals surface area (Å²) < 4.78 is 0. The Labute approximate surface area is 98.8 Å². The monoisotopic (exact) mass is 227 g/mol. The summed E-state index contributed by atoms with van der Waals surface area (Å²) in [6, 6.07) is 1.55. The van der Waals surface area contributed by atoms with E-state index in [4.69, 9.17) is 0 Å². The standard InChI is InChI=1S/C13H25NS/c1-11(10-15-2)14-12-6-9-13(12)7-4-3-5-8-13/h11-12,14H,3-10H2,1-2H3. The van der Waals surface area contributed by atoms with Crippen LogP contribution in [-0.2, 0) is 0 Å². The number of rotatable bonds is 4. The van der Waals surface area contributed by atoms with E-state index in [2.05, 4.69) is 18.5 Å². The summed E-state index contributed by atoms with van der Waals surface area (Å²) in [7, 11) is 0. The lowest BCUT2D eigenvalue weighted by molar-refractivity contribution is 0.0190. The molecule has 0 aromatic heterocycles. The predicted molar refractivity (Wildman–Crippen MR) is 69.5 cm³/mol. The molecule has 1 N–H and O–H groups in total. The lowest BCUT2D eigenvalue weighted by Crippen LogP contribution is -2.56. The van der Waals surface area contributed by atoms with Gasteiger partial charge in [0.15, 0.2) is 0 Å². The van der Waals surface area contributed by atoms with Crippen LogP contribution in [0.5, 0.6) is 0 Å². The molecule has 2 fully saturated rings. The van der Waals surface area contributed by atoms with Gasteiger partial charge in [-0.05, 0) is 44.3 Å². The van der Waals surface area contributed by atoms with Crippen LogP contribution in [0.15, 0.2) is 0 Å². The van der Waals surface area contributed by atoms with Crippen LogP contribution in [0.1, 0.15) is 51.9 Å². The summed E-state index contributed by atoms with van der Waals surface area (Å²) in [5.74, 6) is 1.26. The topological polar surface area (TPSA) is 12.0 Å². The molecule has 0 aliphatic heterocycles. The average Bonchev–Trinajstić information content (AvgIpc) is 2.26. The average molecular weight is 227 g/mol. The zero-order valence-corrected chi connectivity index (χ0v) is 11.0. The van der Waals surface area contributed by atoms with Gasteiger partial charge < -0.3 is 5.32 Å². The van der Waals surface area contributed by atoms with Crippen molar-refractivity contribution in [1.82, 2.24) is 5.32 Å². The number of nitrogens with one attached hydrogen (secondary N) is 1. The van der Waals surface area contributed by atoms with E-state index >= 15 is 0 Å². The summed E-state index contributed by atoms with van der Waals surface area (Å²) in [6.07, 6.45) is 12.6. The maximum atomic E-state index is 3.86. The first kappa shape index (κ1) is 11.8. The number of hydrogen-bond donors (Lipinski definition) is 1. The van der Waals surface area contributed by atoms with Crippen molar-refractivity contribution in [3.05, 3.63) is 0 Å². The minimum absolute atomic E-state index is 0.698. The van der Waals surface area contributed by atoms with E-state index in [-0.39, 0.29) is 0 Å². The Balaban J connectivity index is 1.82. The molecular formula is C13H25NS. The maximum absolute atomic E-state index is 3.86. The second-order valence-corrected chi connectivity index (χ2v) is 6.45. The molecular weight excluding hydrogens is 202 g/mol. The third-order valence-electron chi connectivity index (χ3n) is 4.42. The van der Waals surface area contributed by atoms with Crippen molar-refractivity contribution in [2.45, 2.75) is 64.0 Å². The summed E-state index contributed by atoms with van der Waals surface area (Å²) in [4.78, 5) is 0. The Morgan fingerprint density at radius 1 is 1.27 bits per heavy atom. The van der Waals surface area contributed by atoms with Crippen LogP contribution in [0, 0.1) is 5.41 Å². The van der Waals surface area contributed by atoms with Gasteiger partial charge in [-0.3, -0.25) is 0 Å². The van der Waals surface area contributed by atoms with Gasteiger partial charge in [0.2, 0.25) is 0 Å². The van der Waals surface area contributed by atoms with Gasteiger partial charge in [-0.1, -0.05) is 19.3 Å². The normalized spacial score (nSPS) is 31.2. The zero-order valence-electron chi connectivity index (χ0n) is 10.2. The SMILES string of the molecule is CSCC(C)NC1CCC12CCCCC2. The van der Waals surface area contributed by atoms with Gasteiger partial charge in [-0.25, -0.2) is 0 Å². The molecule has 0 radical (unpaired) electrons. The van der Waals surface area contributed by atoms with Crippen LogP contribution >= 0.6 is 11.8 Å². The summed E-state index contributed by atoms with van der Waals surface area (Å²) in [5, 5.41) is 3.86. The van der Waals surface area contributed by atoms with Crippen molar-refractivity contribution >= 4 is 11.8 Å². The molecule has 0 aromatic carbocycles. The number of hydrogen-bond acceptors (Lipinski definition) is 2. The fourth-order valence-corrected chi connectivity index (χ4v) is 4.05. The fourth-order valence-electron chi connectivity index (χ4n) is 3.45. The number of thioether (sulfide) groups is 1. The van der Waals surface area contributed by atoms with Gasteiger partial charge in [0.05, 0.1) is 0 Å². The Hall–Kier alpha value is 0.310. The van der Waals surface area contributed by atoms with Crippen molar-refractivity contribution in [2.24, 2.45) is 5.41 Å². The third kappa shape index (κ3) is 2.52. The van der Waals surface area contributed by atoms with Gasteiger partial charge in [-0.2, -0.15) is 11.8 Å². The predicted octanol–water partition coefficient (Wildman–Crippen LogP) is 3.44. The Bertz CT molecular complexity index is 199. The summed E-state index contributed by atoms with van der Waals surface area (Å²) >= 11 is 1.96. The Morgan fingerprint density at radius 2 is 2.00 bits per heavy atom. The minimum atomic E-state index is 0.698. The molecule has 0 bridgehead atoms. The van der Waals surface area contributed by atoms with E-state index in [1.165, 1.54) is 50.7 Å². The largest absolute Gasteiger partial charge is 0.310 e. The van der Waals surface area contributed by atoms with Gasteiger partial charge in [-0.15, -0.1) is 0 Å². The molecule has 2 unspecified atom stereocenters. The van der Waals surface area contributed by atoms with Gasteiger partial charge in [0, 0.05) is 17.8 Å². The van der Waals surface area contributed by atoms with Crippen LogP contribution < -0.4 is 5.32 Å². The van der Waals surface area contributed by atoms with Crippen molar-refractivity contribution < 1.29 is 0 Å². The molecule has 15 heavy (non-hydrogen) atoms. The molecule has 0 heterocycles. The van der Waals surface area contributed by atoms with Gasteiger partial charge >= 0.3 is 0 Å². The highest BCUT2D eigenvalue weighted by atomic mass is 32.2. The van der Waals surface area contributed by atoms with Crippen LogP contribution in [-0.4, -0.2) is 24.1 Å². The zero-order chi connectivity index (χ0) is 10.7. The Morgan fingerprint density at radius 3 is 2.53 bits per heavy atom. The van der Waals surface area contributed by atoms with Crippen molar-refractivity contribution in [3.8, 4) is 0 Å². The van der Waals surface area contributed by atoms with Gasteiger partial charge in [0.25, 0.3) is 0 Å².